The topological polar surface area (TPSA) is 86.8 Å². The number of imide groups is 2. The predicted octanol–water partition coefficient (Wildman–Crippen LogP) is 1.20. The van der Waals surface area contributed by atoms with Crippen molar-refractivity contribution in [3.8, 4) is 0 Å². The summed E-state index contributed by atoms with van der Waals surface area (Å²) in [5.41, 5.74) is 2.56. The fourth-order valence-corrected chi connectivity index (χ4v) is 2.60. The van der Waals surface area contributed by atoms with Crippen molar-refractivity contribution in [1.29, 1.82) is 0 Å². The summed E-state index contributed by atoms with van der Waals surface area (Å²) in [5.74, 6) is -2.28. The molecule has 0 aromatic heterocycles. The Hall–Kier alpha value is -2.70. The largest absolute Gasteiger partial charge is 0.334 e. The molecule has 1 saturated carbocycles. The van der Waals surface area contributed by atoms with Gasteiger partial charge in [-0.3, -0.25) is 19.3 Å². The standard InChI is InChI=1S/C16H17N3O4/c1-9-3-6-12(10(2)7-9)17-13(20)8-18-14(21)15(22)19(16(18)23)11-4-5-11/h3,6-7,11H,4-5,8H2,1-2H3,(H,17,20). The fraction of sp³-hybridized carbons (Fsp3) is 0.375. The second-order valence-electron chi connectivity index (χ2n) is 5.95. The number of hydrogen-bond acceptors (Lipinski definition) is 4. The van der Waals surface area contributed by atoms with Crippen molar-refractivity contribution in [1.82, 2.24) is 9.80 Å². The van der Waals surface area contributed by atoms with Crippen LogP contribution in [0, 0.1) is 13.8 Å². The molecule has 1 saturated heterocycles. The highest BCUT2D eigenvalue weighted by Crippen LogP contribution is 2.31. The van der Waals surface area contributed by atoms with Gasteiger partial charge in [0.2, 0.25) is 5.91 Å². The molecule has 0 radical (unpaired) electrons. The molecular formula is C16H17N3O4. The van der Waals surface area contributed by atoms with Gasteiger partial charge < -0.3 is 5.32 Å². The highest BCUT2D eigenvalue weighted by Gasteiger charge is 2.51. The van der Waals surface area contributed by atoms with E-state index in [0.29, 0.717) is 23.4 Å². The summed E-state index contributed by atoms with van der Waals surface area (Å²) >= 11 is 0. The lowest BCUT2D eigenvalue weighted by Crippen LogP contribution is -2.39. The van der Waals surface area contributed by atoms with Crippen LogP contribution < -0.4 is 5.32 Å². The Labute approximate surface area is 133 Å². The molecule has 7 heteroatoms. The third-order valence-corrected chi connectivity index (χ3v) is 3.95. The van der Waals surface area contributed by atoms with Crippen LogP contribution in [0.25, 0.3) is 0 Å². The number of hydrogen-bond donors (Lipinski definition) is 1. The molecule has 1 aromatic carbocycles. The maximum absolute atomic E-state index is 12.1. The first-order chi connectivity index (χ1) is 10.9. The Morgan fingerprint density at radius 3 is 2.48 bits per heavy atom. The van der Waals surface area contributed by atoms with E-state index in [0.717, 1.165) is 16.0 Å². The molecule has 1 N–H and O–H groups in total. The number of nitrogens with one attached hydrogen (secondary N) is 1. The Balaban J connectivity index is 1.69. The van der Waals surface area contributed by atoms with Gasteiger partial charge in [-0.25, -0.2) is 9.69 Å². The minimum Gasteiger partial charge on any atom is -0.324 e. The van der Waals surface area contributed by atoms with Crippen molar-refractivity contribution in [2.45, 2.75) is 32.7 Å². The summed E-state index contributed by atoms with van der Waals surface area (Å²) < 4.78 is 0. The van der Waals surface area contributed by atoms with Crippen LogP contribution in [0.1, 0.15) is 24.0 Å². The van der Waals surface area contributed by atoms with Crippen LogP contribution in [0.3, 0.4) is 0 Å². The Morgan fingerprint density at radius 1 is 1.17 bits per heavy atom. The maximum atomic E-state index is 12.1. The molecule has 0 atom stereocenters. The van der Waals surface area contributed by atoms with Gasteiger partial charge in [-0.05, 0) is 38.3 Å². The summed E-state index contributed by atoms with van der Waals surface area (Å²) in [4.78, 5) is 49.6. The lowest BCUT2D eigenvalue weighted by molar-refractivity contribution is -0.143. The van der Waals surface area contributed by atoms with Gasteiger partial charge >= 0.3 is 17.8 Å². The second kappa shape index (κ2) is 5.49. The summed E-state index contributed by atoms with van der Waals surface area (Å²) in [6.45, 7) is 3.34. The number of carbonyl (C=O) groups is 4. The van der Waals surface area contributed by atoms with Gasteiger partial charge in [-0.1, -0.05) is 17.7 Å². The fourth-order valence-electron chi connectivity index (χ4n) is 2.60. The van der Waals surface area contributed by atoms with E-state index < -0.39 is 30.3 Å². The van der Waals surface area contributed by atoms with Gasteiger partial charge in [0.15, 0.2) is 0 Å². The molecule has 1 heterocycles. The van der Waals surface area contributed by atoms with E-state index in [1.807, 2.05) is 26.0 Å². The number of amides is 5. The van der Waals surface area contributed by atoms with Crippen LogP contribution in [0.4, 0.5) is 10.5 Å². The van der Waals surface area contributed by atoms with Crippen LogP contribution in [-0.2, 0) is 14.4 Å². The lowest BCUT2D eigenvalue weighted by Gasteiger charge is -2.15. The van der Waals surface area contributed by atoms with Crippen molar-refractivity contribution < 1.29 is 19.2 Å². The van der Waals surface area contributed by atoms with Crippen molar-refractivity contribution >= 4 is 29.4 Å². The molecule has 2 fully saturated rings. The number of anilines is 1. The van der Waals surface area contributed by atoms with Crippen LogP contribution >= 0.6 is 0 Å². The summed E-state index contributed by atoms with van der Waals surface area (Å²) in [6.07, 6.45) is 1.43. The van der Waals surface area contributed by atoms with Gasteiger partial charge in [0.05, 0.1) is 0 Å². The van der Waals surface area contributed by atoms with E-state index >= 15 is 0 Å². The lowest BCUT2D eigenvalue weighted by atomic mass is 10.1. The van der Waals surface area contributed by atoms with Crippen LogP contribution in [0.2, 0.25) is 0 Å². The minimum atomic E-state index is -0.933. The second-order valence-corrected chi connectivity index (χ2v) is 5.95. The van der Waals surface area contributed by atoms with Gasteiger partial charge in [0.1, 0.15) is 6.54 Å². The highest BCUT2D eigenvalue weighted by atomic mass is 16.2. The zero-order chi connectivity index (χ0) is 16.7. The minimum absolute atomic E-state index is 0.189. The molecule has 0 bridgehead atoms. The predicted molar refractivity (Wildman–Crippen MR) is 81.5 cm³/mol. The normalized spacial score (nSPS) is 17.9. The van der Waals surface area contributed by atoms with E-state index in [1.54, 1.807) is 6.07 Å². The van der Waals surface area contributed by atoms with E-state index in [1.165, 1.54) is 0 Å². The number of aryl methyl sites for hydroxylation is 2. The van der Waals surface area contributed by atoms with E-state index in [-0.39, 0.29) is 6.04 Å². The summed E-state index contributed by atoms with van der Waals surface area (Å²) in [5, 5.41) is 2.67. The molecule has 2 aliphatic rings. The first-order valence-corrected chi connectivity index (χ1v) is 7.44. The molecule has 0 unspecified atom stereocenters. The Bertz CT molecular complexity index is 724. The molecule has 7 nitrogen and oxygen atoms in total. The molecule has 1 aliphatic carbocycles. The molecule has 23 heavy (non-hydrogen) atoms. The van der Waals surface area contributed by atoms with Gasteiger partial charge in [-0.2, -0.15) is 0 Å². The monoisotopic (exact) mass is 315 g/mol. The summed E-state index contributed by atoms with van der Waals surface area (Å²) in [7, 11) is 0. The van der Waals surface area contributed by atoms with Crippen molar-refractivity contribution in [3.05, 3.63) is 29.3 Å². The van der Waals surface area contributed by atoms with E-state index in [9.17, 15) is 19.2 Å². The molecule has 0 spiro atoms. The molecule has 3 rings (SSSR count). The zero-order valence-electron chi connectivity index (χ0n) is 13.0. The quantitative estimate of drug-likeness (QED) is 0.668. The smallest absolute Gasteiger partial charge is 0.324 e. The molecular weight excluding hydrogens is 298 g/mol. The van der Waals surface area contributed by atoms with Gasteiger partial charge in [0.25, 0.3) is 0 Å². The van der Waals surface area contributed by atoms with Crippen LogP contribution in [-0.4, -0.2) is 46.1 Å². The Kier molecular flexibility index (Phi) is 3.63. The van der Waals surface area contributed by atoms with Crippen molar-refractivity contribution in [3.63, 3.8) is 0 Å². The third kappa shape index (κ3) is 2.81. The number of urea groups is 1. The van der Waals surface area contributed by atoms with Crippen molar-refractivity contribution in [2.75, 3.05) is 11.9 Å². The maximum Gasteiger partial charge on any atom is 0.334 e. The summed E-state index contributed by atoms with van der Waals surface area (Å²) in [6, 6.07) is 4.65. The van der Waals surface area contributed by atoms with Crippen molar-refractivity contribution in [2.24, 2.45) is 0 Å². The Morgan fingerprint density at radius 2 is 1.87 bits per heavy atom. The number of carbonyl (C=O) groups excluding carboxylic acids is 4. The van der Waals surface area contributed by atoms with Crippen LogP contribution in [0.15, 0.2) is 18.2 Å². The SMILES string of the molecule is Cc1ccc(NC(=O)CN2C(=O)C(=O)N(C3CC3)C2=O)c(C)c1. The van der Waals surface area contributed by atoms with Gasteiger partial charge in [0, 0.05) is 11.7 Å². The number of benzene rings is 1. The molecule has 5 amide bonds. The number of rotatable bonds is 4. The third-order valence-electron chi connectivity index (χ3n) is 3.95. The average molecular weight is 315 g/mol. The average Bonchev–Trinajstić information content (AvgIpc) is 3.28. The number of nitrogens with zero attached hydrogens (tertiary/aromatic N) is 2. The molecule has 1 aromatic rings. The van der Waals surface area contributed by atoms with Gasteiger partial charge in [-0.15, -0.1) is 0 Å². The first-order valence-electron chi connectivity index (χ1n) is 7.44. The van der Waals surface area contributed by atoms with E-state index in [4.69, 9.17) is 0 Å². The molecule has 1 aliphatic heterocycles. The first kappa shape index (κ1) is 15.2. The van der Waals surface area contributed by atoms with Crippen LogP contribution in [0.5, 0.6) is 0 Å². The highest BCUT2D eigenvalue weighted by molar-refractivity contribution is 6.45. The van der Waals surface area contributed by atoms with E-state index in [2.05, 4.69) is 5.32 Å². The molecule has 120 valence electrons. The zero-order valence-corrected chi connectivity index (χ0v) is 13.0.